The number of carbonyl (C=O) groups is 2. The molecule has 2 amide bonds. The first-order valence-corrected chi connectivity index (χ1v) is 9.06. The van der Waals surface area contributed by atoms with Gasteiger partial charge in [0.15, 0.2) is 0 Å². The number of nitrogens with zero attached hydrogens (tertiary/aromatic N) is 1. The van der Waals surface area contributed by atoms with Crippen molar-refractivity contribution in [1.82, 2.24) is 4.90 Å². The van der Waals surface area contributed by atoms with Crippen molar-refractivity contribution in [1.29, 1.82) is 0 Å². The number of nitrogens with one attached hydrogen (secondary N) is 1. The molecule has 0 bridgehead atoms. The van der Waals surface area contributed by atoms with E-state index in [9.17, 15) is 9.59 Å². The first-order chi connectivity index (χ1) is 12.0. The van der Waals surface area contributed by atoms with Crippen LogP contribution in [0.5, 0.6) is 0 Å². The Hall–Kier alpha value is -2.30. The first kappa shape index (κ1) is 17.5. The lowest BCUT2D eigenvalue weighted by Gasteiger charge is -2.30. The molecule has 2 aliphatic heterocycles. The lowest BCUT2D eigenvalue weighted by atomic mass is 9.98. The molecule has 5 nitrogen and oxygen atoms in total. The molecule has 5 heteroatoms. The molecule has 2 aliphatic rings. The van der Waals surface area contributed by atoms with Crippen LogP contribution in [0.3, 0.4) is 0 Å². The van der Waals surface area contributed by atoms with E-state index in [1.807, 2.05) is 24.0 Å². The summed E-state index contributed by atoms with van der Waals surface area (Å²) in [5, 5.41) is 2.92. The van der Waals surface area contributed by atoms with Crippen molar-refractivity contribution in [3.63, 3.8) is 0 Å². The maximum atomic E-state index is 12.7. The molecule has 1 N–H and O–H groups in total. The van der Waals surface area contributed by atoms with Crippen LogP contribution in [0.15, 0.2) is 30.0 Å². The molecule has 0 spiro atoms. The van der Waals surface area contributed by atoms with Crippen molar-refractivity contribution < 1.29 is 14.3 Å². The fourth-order valence-electron chi connectivity index (χ4n) is 3.27. The predicted octanol–water partition coefficient (Wildman–Crippen LogP) is 3.50. The van der Waals surface area contributed by atoms with Crippen LogP contribution < -0.4 is 5.32 Å². The molecule has 1 saturated heterocycles. The molecule has 0 aliphatic carbocycles. The van der Waals surface area contributed by atoms with E-state index < -0.39 is 0 Å². The molecule has 0 aromatic heterocycles. The highest BCUT2D eigenvalue weighted by atomic mass is 16.5. The number of rotatable bonds is 3. The zero-order valence-corrected chi connectivity index (χ0v) is 15.0. The minimum atomic E-state index is -0.133. The van der Waals surface area contributed by atoms with E-state index in [4.69, 9.17) is 4.74 Å². The molecule has 134 valence electrons. The summed E-state index contributed by atoms with van der Waals surface area (Å²) in [6.45, 7) is 6.46. The van der Waals surface area contributed by atoms with Crippen LogP contribution in [0.1, 0.15) is 48.5 Å². The number of anilines is 1. The summed E-state index contributed by atoms with van der Waals surface area (Å²) < 4.78 is 5.22. The van der Waals surface area contributed by atoms with Crippen molar-refractivity contribution in [2.45, 2.75) is 39.5 Å². The van der Waals surface area contributed by atoms with Gasteiger partial charge < -0.3 is 15.0 Å². The molecule has 3 rings (SSSR count). The van der Waals surface area contributed by atoms with E-state index >= 15 is 0 Å². The van der Waals surface area contributed by atoms with Crippen LogP contribution in [0.2, 0.25) is 0 Å². The molecule has 0 unspecified atom stereocenters. The van der Waals surface area contributed by atoms with E-state index in [1.54, 1.807) is 12.3 Å². The smallest absolute Gasteiger partial charge is 0.254 e. The van der Waals surface area contributed by atoms with Gasteiger partial charge in [0.2, 0.25) is 0 Å². The third-order valence-corrected chi connectivity index (χ3v) is 5.02. The Bertz CT molecular complexity index is 688. The number of aryl methyl sites for hydroxylation is 1. The van der Waals surface area contributed by atoms with E-state index in [1.165, 1.54) is 0 Å². The second-order valence-corrected chi connectivity index (χ2v) is 7.08. The van der Waals surface area contributed by atoms with Gasteiger partial charge in [-0.1, -0.05) is 6.92 Å². The van der Waals surface area contributed by atoms with E-state index in [2.05, 4.69) is 12.2 Å². The van der Waals surface area contributed by atoms with Crippen LogP contribution in [0.4, 0.5) is 5.69 Å². The van der Waals surface area contributed by atoms with Crippen molar-refractivity contribution in [2.75, 3.05) is 25.0 Å². The molecule has 0 radical (unpaired) electrons. The van der Waals surface area contributed by atoms with Gasteiger partial charge in [-0.05, 0) is 62.3 Å². The number of piperidine rings is 1. The highest BCUT2D eigenvalue weighted by molar-refractivity contribution is 6.04. The largest absolute Gasteiger partial charge is 0.501 e. The van der Waals surface area contributed by atoms with Gasteiger partial charge in [-0.25, -0.2) is 0 Å². The second kappa shape index (κ2) is 7.72. The zero-order chi connectivity index (χ0) is 17.8. The van der Waals surface area contributed by atoms with Gasteiger partial charge in [0.1, 0.15) is 0 Å². The summed E-state index contributed by atoms with van der Waals surface area (Å²) in [4.78, 5) is 26.9. The maximum absolute atomic E-state index is 12.7. The Balaban J connectivity index is 1.67. The Morgan fingerprint density at radius 2 is 2.00 bits per heavy atom. The number of likely N-dealkylation sites (tertiary alicyclic amines) is 1. The molecule has 0 saturated carbocycles. The summed E-state index contributed by atoms with van der Waals surface area (Å²) in [5.74, 6) is 0.643. The predicted molar refractivity (Wildman–Crippen MR) is 97.4 cm³/mol. The zero-order valence-electron chi connectivity index (χ0n) is 15.0. The quantitative estimate of drug-likeness (QED) is 0.914. The molecule has 25 heavy (non-hydrogen) atoms. The number of hydrogen-bond acceptors (Lipinski definition) is 3. The highest BCUT2D eigenvalue weighted by Crippen LogP contribution is 2.22. The highest BCUT2D eigenvalue weighted by Gasteiger charge is 2.22. The van der Waals surface area contributed by atoms with Gasteiger partial charge in [0, 0.05) is 24.3 Å². The van der Waals surface area contributed by atoms with Crippen LogP contribution in [-0.4, -0.2) is 36.4 Å². The topological polar surface area (TPSA) is 58.6 Å². The SMILES string of the molecule is Cc1cc(C(=O)N2CCC(C)CC2)ccc1NC(=O)C1=COCCC1. The number of benzene rings is 1. The van der Waals surface area contributed by atoms with Gasteiger partial charge in [-0.15, -0.1) is 0 Å². The molecule has 0 atom stereocenters. The van der Waals surface area contributed by atoms with Gasteiger partial charge in [0.25, 0.3) is 11.8 Å². The van der Waals surface area contributed by atoms with Gasteiger partial charge in [-0.3, -0.25) is 9.59 Å². The molecular weight excluding hydrogens is 316 g/mol. The minimum absolute atomic E-state index is 0.0799. The van der Waals surface area contributed by atoms with E-state index in [-0.39, 0.29) is 11.8 Å². The summed E-state index contributed by atoms with van der Waals surface area (Å²) in [5.41, 5.74) is 2.97. The van der Waals surface area contributed by atoms with Gasteiger partial charge in [-0.2, -0.15) is 0 Å². The van der Waals surface area contributed by atoms with Crippen LogP contribution in [0, 0.1) is 12.8 Å². The number of ether oxygens (including phenoxy) is 1. The van der Waals surface area contributed by atoms with Crippen molar-refractivity contribution >= 4 is 17.5 Å². The minimum Gasteiger partial charge on any atom is -0.501 e. The Kier molecular flexibility index (Phi) is 5.41. The lowest BCUT2D eigenvalue weighted by Crippen LogP contribution is -2.37. The molecule has 1 aromatic rings. The molecular formula is C20H26N2O3. The Morgan fingerprint density at radius 3 is 2.64 bits per heavy atom. The summed E-state index contributed by atoms with van der Waals surface area (Å²) in [6.07, 6.45) is 5.27. The lowest BCUT2D eigenvalue weighted by molar-refractivity contribution is -0.113. The van der Waals surface area contributed by atoms with E-state index in [0.717, 1.165) is 50.0 Å². The Labute approximate surface area is 149 Å². The average Bonchev–Trinajstić information content (AvgIpc) is 2.64. The first-order valence-electron chi connectivity index (χ1n) is 9.06. The standard InChI is InChI=1S/C20H26N2O3/c1-14-7-9-22(10-8-14)20(24)16-5-6-18(15(2)12-16)21-19(23)17-4-3-11-25-13-17/h5-6,12-14H,3-4,7-11H2,1-2H3,(H,21,23). The normalized spacial score (nSPS) is 18.3. The van der Waals surface area contributed by atoms with Crippen molar-refractivity contribution in [3.05, 3.63) is 41.2 Å². The second-order valence-electron chi connectivity index (χ2n) is 7.08. The number of amides is 2. The fourth-order valence-corrected chi connectivity index (χ4v) is 3.27. The van der Waals surface area contributed by atoms with Crippen LogP contribution in [-0.2, 0) is 9.53 Å². The molecule has 1 fully saturated rings. The third-order valence-electron chi connectivity index (χ3n) is 5.02. The maximum Gasteiger partial charge on any atom is 0.254 e. The molecule has 2 heterocycles. The van der Waals surface area contributed by atoms with Gasteiger partial charge in [0.05, 0.1) is 18.4 Å². The van der Waals surface area contributed by atoms with Crippen molar-refractivity contribution in [3.8, 4) is 0 Å². The summed E-state index contributed by atoms with van der Waals surface area (Å²) >= 11 is 0. The monoisotopic (exact) mass is 342 g/mol. The molecule has 1 aromatic carbocycles. The summed E-state index contributed by atoms with van der Waals surface area (Å²) in [6, 6.07) is 5.48. The van der Waals surface area contributed by atoms with Crippen molar-refractivity contribution in [2.24, 2.45) is 5.92 Å². The fraction of sp³-hybridized carbons (Fsp3) is 0.500. The number of hydrogen-bond donors (Lipinski definition) is 1. The average molecular weight is 342 g/mol. The van der Waals surface area contributed by atoms with Crippen LogP contribution in [0.25, 0.3) is 0 Å². The van der Waals surface area contributed by atoms with Crippen LogP contribution >= 0.6 is 0 Å². The summed E-state index contributed by atoms with van der Waals surface area (Å²) in [7, 11) is 0. The van der Waals surface area contributed by atoms with Gasteiger partial charge >= 0.3 is 0 Å². The van der Waals surface area contributed by atoms with E-state index in [0.29, 0.717) is 23.7 Å². The number of carbonyl (C=O) groups excluding carboxylic acids is 2. The Morgan fingerprint density at radius 1 is 1.24 bits per heavy atom. The third kappa shape index (κ3) is 4.21.